The Morgan fingerprint density at radius 1 is 1.22 bits per heavy atom. The summed E-state index contributed by atoms with van der Waals surface area (Å²) >= 11 is 12.0. The van der Waals surface area contributed by atoms with Crippen LogP contribution < -0.4 is 10.6 Å². The molecule has 0 amide bonds. The molecule has 0 radical (unpaired) electrons. The number of nitrogens with two attached hydrogens (primary N) is 1. The first-order valence-corrected chi connectivity index (χ1v) is 6.90. The van der Waals surface area contributed by atoms with Crippen molar-refractivity contribution in [1.82, 2.24) is 4.90 Å². The summed E-state index contributed by atoms with van der Waals surface area (Å²) in [6, 6.07) is 4.10. The molecule has 2 N–H and O–H groups in total. The molecule has 5 heteroatoms. The Balaban J connectivity index is 2.18. The number of anilines is 2. The van der Waals surface area contributed by atoms with Gasteiger partial charge in [0, 0.05) is 13.1 Å². The summed E-state index contributed by atoms with van der Waals surface area (Å²) in [5.41, 5.74) is 7.69. The van der Waals surface area contributed by atoms with Crippen LogP contribution in [0.4, 0.5) is 11.4 Å². The maximum atomic E-state index is 6.07. The summed E-state index contributed by atoms with van der Waals surface area (Å²) in [6.07, 6.45) is 2.29. The summed E-state index contributed by atoms with van der Waals surface area (Å²) in [6.45, 7) is 2.24. The summed E-state index contributed by atoms with van der Waals surface area (Å²) in [5.74, 6) is 0. The molecule has 3 nitrogen and oxygen atoms in total. The van der Waals surface area contributed by atoms with Crippen LogP contribution in [0.1, 0.15) is 12.8 Å². The van der Waals surface area contributed by atoms with Crippen molar-refractivity contribution in [2.24, 2.45) is 0 Å². The molecule has 1 aromatic rings. The van der Waals surface area contributed by atoms with Crippen LogP contribution in [0.2, 0.25) is 10.0 Å². The van der Waals surface area contributed by atoms with E-state index in [0.29, 0.717) is 21.8 Å². The highest BCUT2D eigenvalue weighted by Crippen LogP contribution is 2.34. The minimum Gasteiger partial charge on any atom is -0.397 e. The monoisotopic (exact) mass is 287 g/mol. The number of rotatable bonds is 2. The van der Waals surface area contributed by atoms with Gasteiger partial charge in [-0.1, -0.05) is 23.2 Å². The molecule has 0 aromatic heterocycles. The Morgan fingerprint density at radius 3 is 2.39 bits per heavy atom. The SMILES string of the molecule is CN1CCC(N(C)c2cc(Cl)c(Cl)cc2N)CC1. The first-order chi connectivity index (χ1) is 8.49. The molecule has 18 heavy (non-hydrogen) atoms. The van der Waals surface area contributed by atoms with Crippen molar-refractivity contribution in [3.05, 3.63) is 22.2 Å². The van der Waals surface area contributed by atoms with Gasteiger partial charge in [0.15, 0.2) is 0 Å². The van der Waals surface area contributed by atoms with Gasteiger partial charge in [0.1, 0.15) is 0 Å². The smallest absolute Gasteiger partial charge is 0.0615 e. The molecule has 2 rings (SSSR count). The molecule has 1 aliphatic heterocycles. The molecule has 1 fully saturated rings. The van der Waals surface area contributed by atoms with Crippen LogP contribution >= 0.6 is 23.2 Å². The average Bonchev–Trinajstić information content (AvgIpc) is 2.34. The Morgan fingerprint density at radius 2 is 1.78 bits per heavy atom. The lowest BCUT2D eigenvalue weighted by Crippen LogP contribution is -2.42. The van der Waals surface area contributed by atoms with Gasteiger partial charge in [0.05, 0.1) is 21.4 Å². The molecule has 0 aliphatic carbocycles. The van der Waals surface area contributed by atoms with E-state index in [-0.39, 0.29) is 0 Å². The van der Waals surface area contributed by atoms with Crippen LogP contribution in [-0.4, -0.2) is 38.1 Å². The summed E-state index contributed by atoms with van der Waals surface area (Å²) in [5, 5.41) is 1.07. The number of likely N-dealkylation sites (tertiary alicyclic amines) is 1. The van der Waals surface area contributed by atoms with E-state index in [0.717, 1.165) is 31.6 Å². The van der Waals surface area contributed by atoms with E-state index in [9.17, 15) is 0 Å². The van der Waals surface area contributed by atoms with Gasteiger partial charge in [-0.05, 0) is 45.1 Å². The predicted octanol–water partition coefficient (Wildman–Crippen LogP) is 3.11. The average molecular weight is 288 g/mol. The van der Waals surface area contributed by atoms with Gasteiger partial charge in [-0.2, -0.15) is 0 Å². The van der Waals surface area contributed by atoms with Gasteiger partial charge in [-0.3, -0.25) is 0 Å². The maximum absolute atomic E-state index is 6.07. The molecule has 1 aromatic carbocycles. The van der Waals surface area contributed by atoms with E-state index in [1.165, 1.54) is 0 Å². The lowest BCUT2D eigenvalue weighted by Gasteiger charge is -2.37. The van der Waals surface area contributed by atoms with Crippen molar-refractivity contribution in [3.8, 4) is 0 Å². The molecule has 1 saturated heterocycles. The van der Waals surface area contributed by atoms with Crippen molar-refractivity contribution in [1.29, 1.82) is 0 Å². The fourth-order valence-electron chi connectivity index (χ4n) is 2.44. The van der Waals surface area contributed by atoms with E-state index in [1.807, 2.05) is 6.07 Å². The van der Waals surface area contributed by atoms with Gasteiger partial charge < -0.3 is 15.5 Å². The van der Waals surface area contributed by atoms with E-state index >= 15 is 0 Å². The third-order valence-corrected chi connectivity index (χ3v) is 4.41. The fraction of sp³-hybridized carbons (Fsp3) is 0.538. The first-order valence-electron chi connectivity index (χ1n) is 6.15. The Hall–Kier alpha value is -0.640. The highest BCUT2D eigenvalue weighted by molar-refractivity contribution is 6.42. The normalized spacial score (nSPS) is 18.0. The summed E-state index contributed by atoms with van der Waals surface area (Å²) in [7, 11) is 4.23. The second kappa shape index (κ2) is 5.55. The van der Waals surface area contributed by atoms with Gasteiger partial charge in [-0.25, -0.2) is 0 Å². The minimum atomic E-state index is 0.509. The predicted molar refractivity (Wildman–Crippen MR) is 79.8 cm³/mol. The van der Waals surface area contributed by atoms with Crippen molar-refractivity contribution >= 4 is 34.6 Å². The highest BCUT2D eigenvalue weighted by atomic mass is 35.5. The number of hydrogen-bond donors (Lipinski definition) is 1. The summed E-state index contributed by atoms with van der Waals surface area (Å²) in [4.78, 5) is 4.58. The number of hydrogen-bond acceptors (Lipinski definition) is 3. The molecule has 0 spiro atoms. The molecule has 1 aliphatic rings. The van der Waals surface area contributed by atoms with E-state index in [4.69, 9.17) is 28.9 Å². The van der Waals surface area contributed by atoms with Gasteiger partial charge in [0.25, 0.3) is 0 Å². The van der Waals surface area contributed by atoms with Crippen LogP contribution in [0.5, 0.6) is 0 Å². The topological polar surface area (TPSA) is 32.5 Å². The fourth-order valence-corrected chi connectivity index (χ4v) is 2.77. The number of nitrogen functional groups attached to an aromatic ring is 1. The molecule has 0 unspecified atom stereocenters. The van der Waals surface area contributed by atoms with Crippen molar-refractivity contribution in [2.75, 3.05) is 37.8 Å². The van der Waals surface area contributed by atoms with Crippen LogP contribution in [0.25, 0.3) is 0 Å². The summed E-state index contributed by atoms with van der Waals surface area (Å²) < 4.78 is 0. The van der Waals surface area contributed by atoms with Crippen LogP contribution in [0.15, 0.2) is 12.1 Å². The van der Waals surface area contributed by atoms with E-state index in [2.05, 4.69) is 23.9 Å². The highest BCUT2D eigenvalue weighted by Gasteiger charge is 2.22. The van der Waals surface area contributed by atoms with Crippen LogP contribution in [0, 0.1) is 0 Å². The quantitative estimate of drug-likeness (QED) is 0.849. The minimum absolute atomic E-state index is 0.509. The van der Waals surface area contributed by atoms with Crippen molar-refractivity contribution in [2.45, 2.75) is 18.9 Å². The van der Waals surface area contributed by atoms with Crippen molar-refractivity contribution < 1.29 is 0 Å². The maximum Gasteiger partial charge on any atom is 0.0615 e. The van der Waals surface area contributed by atoms with Crippen LogP contribution in [0.3, 0.4) is 0 Å². The number of benzene rings is 1. The Labute approximate surface area is 118 Å². The molecular formula is C13H19Cl2N3. The van der Waals surface area contributed by atoms with E-state index in [1.54, 1.807) is 6.07 Å². The van der Waals surface area contributed by atoms with Gasteiger partial charge in [0.2, 0.25) is 0 Å². The Bertz CT molecular complexity index is 428. The zero-order chi connectivity index (χ0) is 13.3. The number of piperidine rings is 1. The molecule has 1 heterocycles. The molecule has 0 bridgehead atoms. The molecule has 100 valence electrons. The lowest BCUT2D eigenvalue weighted by atomic mass is 10.0. The van der Waals surface area contributed by atoms with Crippen molar-refractivity contribution in [3.63, 3.8) is 0 Å². The molecule has 0 saturated carbocycles. The lowest BCUT2D eigenvalue weighted by molar-refractivity contribution is 0.253. The molecule has 0 atom stereocenters. The van der Waals surface area contributed by atoms with Gasteiger partial charge >= 0.3 is 0 Å². The zero-order valence-electron chi connectivity index (χ0n) is 10.8. The second-order valence-corrected chi connectivity index (χ2v) is 5.78. The standard InChI is InChI=1S/C13H19Cl2N3/c1-17-5-3-9(4-6-17)18(2)13-8-11(15)10(14)7-12(13)16/h7-9H,3-6,16H2,1-2H3. The largest absolute Gasteiger partial charge is 0.397 e. The number of nitrogens with zero attached hydrogens (tertiary/aromatic N) is 2. The van der Waals surface area contributed by atoms with Crippen LogP contribution in [-0.2, 0) is 0 Å². The third kappa shape index (κ3) is 2.85. The Kier molecular flexibility index (Phi) is 4.25. The first kappa shape index (κ1) is 13.8. The van der Waals surface area contributed by atoms with Gasteiger partial charge in [-0.15, -0.1) is 0 Å². The zero-order valence-corrected chi connectivity index (χ0v) is 12.3. The second-order valence-electron chi connectivity index (χ2n) is 4.97. The third-order valence-electron chi connectivity index (χ3n) is 3.69. The molecular weight excluding hydrogens is 269 g/mol. The number of halogens is 2. The van der Waals surface area contributed by atoms with E-state index < -0.39 is 0 Å².